The lowest BCUT2D eigenvalue weighted by Crippen LogP contribution is -2.26. The molecule has 1 aliphatic carbocycles. The Bertz CT molecular complexity index is 522. The highest BCUT2D eigenvalue weighted by molar-refractivity contribution is 5.99. The van der Waals surface area contributed by atoms with Crippen LogP contribution in [0.15, 0.2) is 29.4 Å². The van der Waals surface area contributed by atoms with Crippen molar-refractivity contribution in [2.24, 2.45) is 16.8 Å². The highest BCUT2D eigenvalue weighted by Gasteiger charge is 2.18. The molecule has 1 aromatic rings. The summed E-state index contributed by atoms with van der Waals surface area (Å²) in [6, 6.07) is 7.14. The molecule has 1 saturated carbocycles. The van der Waals surface area contributed by atoms with Crippen LogP contribution < -0.4 is 10.6 Å². The van der Waals surface area contributed by atoms with Gasteiger partial charge in [-0.3, -0.25) is 4.79 Å². The van der Waals surface area contributed by atoms with Gasteiger partial charge in [0.1, 0.15) is 0 Å². The largest absolute Gasteiger partial charge is 0.409 e. The molecular weight excluding hydrogens is 266 g/mol. The quantitative estimate of drug-likeness (QED) is 0.378. The summed E-state index contributed by atoms with van der Waals surface area (Å²) in [6.07, 6.45) is 6.68. The zero-order valence-corrected chi connectivity index (χ0v) is 12.5. The summed E-state index contributed by atoms with van der Waals surface area (Å²) in [7, 11) is 1.77. The van der Waals surface area contributed by atoms with Crippen LogP contribution >= 0.6 is 0 Å². The number of rotatable bonds is 5. The summed E-state index contributed by atoms with van der Waals surface area (Å²) in [5, 5.41) is 11.7. The zero-order valence-electron chi connectivity index (χ0n) is 12.5. The molecule has 0 bridgehead atoms. The first-order valence-corrected chi connectivity index (χ1v) is 7.46. The van der Waals surface area contributed by atoms with Crippen LogP contribution in [0.4, 0.5) is 5.69 Å². The third kappa shape index (κ3) is 3.97. The number of carbonyl (C=O) groups is 1. The van der Waals surface area contributed by atoms with Gasteiger partial charge in [-0.1, -0.05) is 43.0 Å². The second-order valence-electron chi connectivity index (χ2n) is 5.68. The average molecular weight is 289 g/mol. The van der Waals surface area contributed by atoms with Gasteiger partial charge in [0.15, 0.2) is 5.84 Å². The zero-order chi connectivity index (χ0) is 15.2. The van der Waals surface area contributed by atoms with Crippen LogP contribution in [0.3, 0.4) is 0 Å². The van der Waals surface area contributed by atoms with Gasteiger partial charge >= 0.3 is 0 Å². The predicted octanol–water partition coefficient (Wildman–Crippen LogP) is 2.71. The number of hydrogen-bond acceptors (Lipinski definition) is 3. The topological polar surface area (TPSA) is 78.9 Å². The van der Waals surface area contributed by atoms with Gasteiger partial charge in [0.2, 0.25) is 5.91 Å². The Morgan fingerprint density at radius 3 is 2.81 bits per heavy atom. The van der Waals surface area contributed by atoms with Crippen molar-refractivity contribution in [1.82, 2.24) is 0 Å². The SMILES string of the molecule is CN(C(=O)CCC1CCCC1)c1cccc(C(N)=NO)c1. The van der Waals surface area contributed by atoms with E-state index in [4.69, 9.17) is 10.9 Å². The highest BCUT2D eigenvalue weighted by Crippen LogP contribution is 2.29. The molecule has 0 heterocycles. The van der Waals surface area contributed by atoms with Crippen LogP contribution in [0.2, 0.25) is 0 Å². The number of hydrogen-bond donors (Lipinski definition) is 2. The Morgan fingerprint density at radius 2 is 2.14 bits per heavy atom. The molecule has 1 fully saturated rings. The van der Waals surface area contributed by atoms with Gasteiger partial charge in [-0.2, -0.15) is 0 Å². The summed E-state index contributed by atoms with van der Waals surface area (Å²) in [4.78, 5) is 13.9. The number of benzene rings is 1. The summed E-state index contributed by atoms with van der Waals surface area (Å²) in [6.45, 7) is 0. The molecule has 114 valence electrons. The molecule has 3 N–H and O–H groups in total. The Balaban J connectivity index is 1.98. The normalized spacial score (nSPS) is 16.1. The third-order valence-corrected chi connectivity index (χ3v) is 4.25. The van der Waals surface area contributed by atoms with E-state index in [2.05, 4.69) is 5.16 Å². The van der Waals surface area contributed by atoms with Crippen LogP contribution in [0.5, 0.6) is 0 Å². The van der Waals surface area contributed by atoms with E-state index in [1.807, 2.05) is 6.07 Å². The molecule has 5 heteroatoms. The number of carbonyl (C=O) groups excluding carboxylic acids is 1. The van der Waals surface area contributed by atoms with E-state index in [0.29, 0.717) is 17.9 Å². The van der Waals surface area contributed by atoms with Gasteiger partial charge in [-0.15, -0.1) is 0 Å². The second-order valence-corrected chi connectivity index (χ2v) is 5.68. The lowest BCUT2D eigenvalue weighted by molar-refractivity contribution is -0.118. The summed E-state index contributed by atoms with van der Waals surface area (Å²) < 4.78 is 0. The van der Waals surface area contributed by atoms with Crippen molar-refractivity contribution in [3.8, 4) is 0 Å². The smallest absolute Gasteiger partial charge is 0.226 e. The van der Waals surface area contributed by atoms with Crippen molar-refractivity contribution < 1.29 is 10.0 Å². The maximum Gasteiger partial charge on any atom is 0.226 e. The molecule has 0 unspecified atom stereocenters. The number of nitrogens with zero attached hydrogens (tertiary/aromatic N) is 2. The first-order valence-electron chi connectivity index (χ1n) is 7.46. The minimum absolute atomic E-state index is 0.0451. The molecule has 0 spiro atoms. The molecule has 0 aromatic heterocycles. The van der Waals surface area contributed by atoms with E-state index in [9.17, 15) is 4.79 Å². The van der Waals surface area contributed by atoms with E-state index >= 15 is 0 Å². The molecule has 0 radical (unpaired) electrons. The molecule has 0 saturated heterocycles. The minimum atomic E-state index is 0.0451. The van der Waals surface area contributed by atoms with Gasteiger partial charge in [-0.25, -0.2) is 0 Å². The maximum absolute atomic E-state index is 12.3. The number of amidine groups is 1. The molecule has 1 amide bonds. The fourth-order valence-corrected chi connectivity index (χ4v) is 2.87. The van der Waals surface area contributed by atoms with Crippen molar-refractivity contribution in [1.29, 1.82) is 0 Å². The fourth-order valence-electron chi connectivity index (χ4n) is 2.87. The summed E-state index contributed by atoms with van der Waals surface area (Å²) in [5.41, 5.74) is 6.94. The van der Waals surface area contributed by atoms with Crippen LogP contribution in [-0.4, -0.2) is 24.0 Å². The van der Waals surface area contributed by atoms with Gasteiger partial charge in [-0.05, 0) is 24.5 Å². The van der Waals surface area contributed by atoms with Crippen molar-refractivity contribution in [3.63, 3.8) is 0 Å². The second kappa shape index (κ2) is 7.11. The number of oxime groups is 1. The highest BCUT2D eigenvalue weighted by atomic mass is 16.4. The monoisotopic (exact) mass is 289 g/mol. The molecule has 2 rings (SSSR count). The average Bonchev–Trinajstić information content (AvgIpc) is 3.04. The Hall–Kier alpha value is -2.04. The van der Waals surface area contributed by atoms with Crippen LogP contribution in [-0.2, 0) is 4.79 Å². The van der Waals surface area contributed by atoms with Crippen LogP contribution in [0.1, 0.15) is 44.1 Å². The van der Waals surface area contributed by atoms with Crippen LogP contribution in [0.25, 0.3) is 0 Å². The lowest BCUT2D eigenvalue weighted by Gasteiger charge is -2.19. The van der Waals surface area contributed by atoms with E-state index < -0.39 is 0 Å². The predicted molar refractivity (Wildman–Crippen MR) is 83.6 cm³/mol. The molecular formula is C16H23N3O2. The van der Waals surface area contributed by atoms with E-state index in [1.54, 1.807) is 30.1 Å². The molecule has 0 aliphatic heterocycles. The Morgan fingerprint density at radius 1 is 1.43 bits per heavy atom. The first-order chi connectivity index (χ1) is 10.1. The fraction of sp³-hybridized carbons (Fsp3) is 0.500. The maximum atomic E-state index is 12.3. The molecule has 1 aliphatic rings. The summed E-state index contributed by atoms with van der Waals surface area (Å²) >= 11 is 0. The van der Waals surface area contributed by atoms with Crippen LogP contribution in [0, 0.1) is 5.92 Å². The van der Waals surface area contributed by atoms with Gasteiger partial charge in [0, 0.05) is 24.7 Å². The van der Waals surface area contributed by atoms with Crippen molar-refractivity contribution in [3.05, 3.63) is 29.8 Å². The van der Waals surface area contributed by atoms with Crippen molar-refractivity contribution >= 4 is 17.4 Å². The summed E-state index contributed by atoms with van der Waals surface area (Å²) in [5.74, 6) is 0.869. The molecule has 5 nitrogen and oxygen atoms in total. The lowest BCUT2D eigenvalue weighted by atomic mass is 10.0. The van der Waals surface area contributed by atoms with Gasteiger partial charge < -0.3 is 15.8 Å². The Labute approximate surface area is 125 Å². The molecule has 0 atom stereocenters. The Kier molecular flexibility index (Phi) is 5.20. The van der Waals surface area contributed by atoms with E-state index in [-0.39, 0.29) is 11.7 Å². The molecule has 21 heavy (non-hydrogen) atoms. The van der Waals surface area contributed by atoms with Crippen molar-refractivity contribution in [2.45, 2.75) is 38.5 Å². The third-order valence-electron chi connectivity index (χ3n) is 4.25. The standard InChI is InChI=1S/C16H23N3O2/c1-19(15(20)10-9-12-5-2-3-6-12)14-8-4-7-13(11-14)16(17)18-21/h4,7-8,11-12,21H,2-3,5-6,9-10H2,1H3,(H2,17,18). The molecule has 1 aromatic carbocycles. The minimum Gasteiger partial charge on any atom is -0.409 e. The van der Waals surface area contributed by atoms with E-state index in [0.717, 1.165) is 12.1 Å². The first kappa shape index (κ1) is 15.4. The number of nitrogens with two attached hydrogens (primary N) is 1. The van der Waals surface area contributed by atoms with Gasteiger partial charge in [0.05, 0.1) is 0 Å². The van der Waals surface area contributed by atoms with Crippen molar-refractivity contribution in [2.75, 3.05) is 11.9 Å². The number of anilines is 1. The number of amides is 1. The van der Waals surface area contributed by atoms with E-state index in [1.165, 1.54) is 25.7 Å². The van der Waals surface area contributed by atoms with Gasteiger partial charge in [0.25, 0.3) is 0 Å².